The highest BCUT2D eigenvalue weighted by Gasteiger charge is 2.39. The van der Waals surface area contributed by atoms with Gasteiger partial charge in [-0.2, -0.15) is 9.61 Å². The minimum Gasteiger partial charge on any atom is -0.373 e. The summed E-state index contributed by atoms with van der Waals surface area (Å²) in [5.74, 6) is 0.630. The number of aromatic nitrogens is 5. The van der Waals surface area contributed by atoms with Gasteiger partial charge in [0.05, 0.1) is 17.8 Å². The van der Waals surface area contributed by atoms with Crippen LogP contribution in [0.2, 0.25) is 0 Å². The number of carbonyl (C=O) groups is 2. The molecule has 6 rings (SSSR count). The molecule has 2 fully saturated rings. The van der Waals surface area contributed by atoms with Gasteiger partial charge in [0.2, 0.25) is 0 Å². The molecular formula is C25H24FN9O3. The monoisotopic (exact) mass is 517 g/mol. The van der Waals surface area contributed by atoms with Crippen molar-refractivity contribution in [2.24, 2.45) is 0 Å². The number of hydrogen-bond acceptors (Lipinski definition) is 8. The minimum absolute atomic E-state index is 0.0746. The number of anilines is 3. The van der Waals surface area contributed by atoms with Crippen LogP contribution in [0.4, 0.5) is 21.7 Å². The van der Waals surface area contributed by atoms with Gasteiger partial charge in [0.15, 0.2) is 5.65 Å². The van der Waals surface area contributed by atoms with Crippen molar-refractivity contribution >= 4 is 34.8 Å². The highest BCUT2D eigenvalue weighted by molar-refractivity contribution is 6.00. The third kappa shape index (κ3) is 4.21. The highest BCUT2D eigenvalue weighted by atomic mass is 19.1. The zero-order valence-corrected chi connectivity index (χ0v) is 20.4. The van der Waals surface area contributed by atoms with E-state index in [1.165, 1.54) is 21.5 Å². The molecule has 38 heavy (non-hydrogen) atoms. The van der Waals surface area contributed by atoms with Crippen LogP contribution >= 0.6 is 0 Å². The van der Waals surface area contributed by atoms with Gasteiger partial charge in [0.25, 0.3) is 17.4 Å². The number of carbonyl (C=O) groups excluding carboxylic acids is 2. The SMILES string of the molecule is CNc1cc(Nc2cccn(-c3ccc(C(=O)N4CCC4)cn3)c2=O)nc2c(C(=O)N[C@H]3C[C@H]3F)cnn12. The number of nitrogens with one attached hydrogen (secondary N) is 3. The van der Waals surface area contributed by atoms with Gasteiger partial charge in [-0.25, -0.2) is 14.4 Å². The van der Waals surface area contributed by atoms with E-state index in [1.54, 1.807) is 48.5 Å². The van der Waals surface area contributed by atoms with E-state index in [2.05, 4.69) is 31.0 Å². The maximum atomic E-state index is 13.3. The average molecular weight is 518 g/mol. The van der Waals surface area contributed by atoms with Crippen molar-refractivity contribution in [3.05, 3.63) is 70.4 Å². The first-order valence-corrected chi connectivity index (χ1v) is 12.2. The molecule has 0 bridgehead atoms. The number of likely N-dealkylation sites (tertiary alicyclic amines) is 1. The number of rotatable bonds is 7. The van der Waals surface area contributed by atoms with Crippen LogP contribution in [-0.2, 0) is 0 Å². The summed E-state index contributed by atoms with van der Waals surface area (Å²) < 4.78 is 16.1. The Bertz CT molecular complexity index is 1610. The fourth-order valence-corrected chi connectivity index (χ4v) is 4.19. The molecule has 0 spiro atoms. The van der Waals surface area contributed by atoms with Gasteiger partial charge in [-0.1, -0.05) is 0 Å². The van der Waals surface area contributed by atoms with Crippen molar-refractivity contribution in [2.75, 3.05) is 30.8 Å². The molecule has 2 amide bonds. The number of fused-ring (bicyclic) bond motifs is 1. The molecule has 1 saturated heterocycles. The quantitative estimate of drug-likeness (QED) is 0.337. The number of halogens is 1. The summed E-state index contributed by atoms with van der Waals surface area (Å²) in [6.07, 6.45) is 4.67. The van der Waals surface area contributed by atoms with Crippen LogP contribution in [0.15, 0.2) is 53.7 Å². The van der Waals surface area contributed by atoms with Crippen LogP contribution in [0.1, 0.15) is 33.6 Å². The lowest BCUT2D eigenvalue weighted by atomic mass is 10.1. The second-order valence-corrected chi connectivity index (χ2v) is 9.17. The summed E-state index contributed by atoms with van der Waals surface area (Å²) >= 11 is 0. The molecule has 12 nitrogen and oxygen atoms in total. The third-order valence-electron chi connectivity index (χ3n) is 6.60. The maximum absolute atomic E-state index is 13.3. The zero-order chi connectivity index (χ0) is 26.4. The van der Waals surface area contributed by atoms with Gasteiger partial charge < -0.3 is 20.9 Å². The van der Waals surface area contributed by atoms with Gasteiger partial charge in [-0.15, -0.1) is 0 Å². The number of nitrogens with zero attached hydrogens (tertiary/aromatic N) is 6. The van der Waals surface area contributed by atoms with E-state index < -0.39 is 18.1 Å². The Hall–Kier alpha value is -4.81. The zero-order valence-electron chi connectivity index (χ0n) is 20.4. The summed E-state index contributed by atoms with van der Waals surface area (Å²) in [4.78, 5) is 48.9. The lowest BCUT2D eigenvalue weighted by Crippen LogP contribution is -2.42. The molecule has 3 N–H and O–H groups in total. The van der Waals surface area contributed by atoms with Gasteiger partial charge in [0, 0.05) is 45.0 Å². The van der Waals surface area contributed by atoms with Gasteiger partial charge in [-0.05, 0) is 30.7 Å². The molecule has 5 heterocycles. The second kappa shape index (κ2) is 9.25. The van der Waals surface area contributed by atoms with Crippen LogP contribution in [0.25, 0.3) is 11.5 Å². The van der Waals surface area contributed by atoms with E-state index in [1.807, 2.05) is 0 Å². The Kier molecular flexibility index (Phi) is 5.74. The number of alkyl halides is 1. The maximum Gasteiger partial charge on any atom is 0.279 e. The number of hydrogen-bond donors (Lipinski definition) is 3. The van der Waals surface area contributed by atoms with Crippen LogP contribution in [0.5, 0.6) is 0 Å². The largest absolute Gasteiger partial charge is 0.373 e. The van der Waals surface area contributed by atoms with E-state index in [9.17, 15) is 18.8 Å². The van der Waals surface area contributed by atoms with Crippen LogP contribution in [-0.4, -0.2) is 73.2 Å². The van der Waals surface area contributed by atoms with E-state index in [-0.39, 0.29) is 28.4 Å². The molecule has 194 valence electrons. The van der Waals surface area contributed by atoms with Crippen LogP contribution < -0.4 is 21.5 Å². The van der Waals surface area contributed by atoms with Crippen molar-refractivity contribution < 1.29 is 14.0 Å². The fourth-order valence-electron chi connectivity index (χ4n) is 4.19. The summed E-state index contributed by atoms with van der Waals surface area (Å²) in [5, 5.41) is 12.9. The first-order valence-electron chi connectivity index (χ1n) is 12.2. The Morgan fingerprint density at radius 3 is 2.63 bits per heavy atom. The lowest BCUT2D eigenvalue weighted by molar-refractivity contribution is 0.0651. The van der Waals surface area contributed by atoms with Crippen molar-refractivity contribution in [1.29, 1.82) is 0 Å². The Morgan fingerprint density at radius 1 is 1.16 bits per heavy atom. The molecular weight excluding hydrogens is 493 g/mol. The summed E-state index contributed by atoms with van der Waals surface area (Å²) in [5.41, 5.74) is 0.735. The Morgan fingerprint density at radius 2 is 1.97 bits per heavy atom. The smallest absolute Gasteiger partial charge is 0.279 e. The van der Waals surface area contributed by atoms with Gasteiger partial charge >= 0.3 is 0 Å². The summed E-state index contributed by atoms with van der Waals surface area (Å²) in [7, 11) is 1.69. The van der Waals surface area contributed by atoms with Crippen molar-refractivity contribution in [3.8, 4) is 5.82 Å². The highest BCUT2D eigenvalue weighted by Crippen LogP contribution is 2.26. The molecule has 2 aliphatic rings. The predicted octanol–water partition coefficient (Wildman–Crippen LogP) is 1.75. The molecule has 0 radical (unpaired) electrons. The van der Waals surface area contributed by atoms with E-state index in [4.69, 9.17) is 0 Å². The first kappa shape index (κ1) is 23.6. The van der Waals surface area contributed by atoms with Crippen molar-refractivity contribution in [2.45, 2.75) is 25.1 Å². The molecule has 0 aromatic carbocycles. The Balaban J connectivity index is 1.29. The van der Waals surface area contributed by atoms with Crippen LogP contribution in [0.3, 0.4) is 0 Å². The van der Waals surface area contributed by atoms with E-state index >= 15 is 0 Å². The van der Waals surface area contributed by atoms with E-state index in [0.29, 0.717) is 29.4 Å². The normalized spacial score (nSPS) is 18.1. The summed E-state index contributed by atoms with van der Waals surface area (Å²) in [6, 6.07) is 7.71. The molecule has 1 saturated carbocycles. The topological polar surface area (TPSA) is 139 Å². The molecule has 1 aliphatic carbocycles. The fraction of sp³-hybridized carbons (Fsp3) is 0.280. The average Bonchev–Trinajstić information content (AvgIpc) is 3.40. The van der Waals surface area contributed by atoms with E-state index in [0.717, 1.165) is 19.5 Å². The molecule has 4 aromatic rings. The van der Waals surface area contributed by atoms with Gasteiger partial charge in [-0.3, -0.25) is 19.0 Å². The minimum atomic E-state index is -1.04. The standard InChI is InChI=1S/C25H24FN9O3/c1-27-21-11-19(32-22-15(13-29-35(21)22)23(36)31-18-10-16(18)26)30-17-4-2-9-34(25(17)38)20-6-5-14(12-28-20)24(37)33-7-3-8-33/h2,4-6,9,11-13,16,18,27H,3,7-8,10H2,1H3,(H,30,32)(H,31,36)/t16-,18+/m1/s1. The molecule has 4 aromatic heterocycles. The summed E-state index contributed by atoms with van der Waals surface area (Å²) in [6.45, 7) is 1.49. The second-order valence-electron chi connectivity index (χ2n) is 9.17. The predicted molar refractivity (Wildman–Crippen MR) is 137 cm³/mol. The third-order valence-corrected chi connectivity index (χ3v) is 6.60. The van der Waals surface area contributed by atoms with Gasteiger partial charge in [0.1, 0.15) is 34.9 Å². The van der Waals surface area contributed by atoms with Crippen molar-refractivity contribution in [1.82, 2.24) is 34.4 Å². The Labute approximate surface area is 215 Å². The number of amides is 2. The van der Waals surface area contributed by atoms with Crippen molar-refractivity contribution in [3.63, 3.8) is 0 Å². The molecule has 0 unspecified atom stereocenters. The number of pyridine rings is 2. The first-order chi connectivity index (χ1) is 18.4. The molecule has 13 heteroatoms. The van der Waals surface area contributed by atoms with Crippen LogP contribution in [0, 0.1) is 0 Å². The molecule has 1 aliphatic heterocycles. The lowest BCUT2D eigenvalue weighted by Gasteiger charge is -2.30. The molecule has 2 atom stereocenters.